The fourth-order valence-corrected chi connectivity index (χ4v) is 1.77. The molecule has 1 aromatic heterocycles. The zero-order valence-corrected chi connectivity index (χ0v) is 9.79. The average Bonchev–Trinajstić information content (AvgIpc) is 2.24. The highest BCUT2D eigenvalue weighted by atomic mass is 35.5. The quantitative estimate of drug-likeness (QED) is 0.866. The maximum absolute atomic E-state index is 11.8. The van der Waals surface area contributed by atoms with E-state index in [1.165, 1.54) is 6.20 Å². The second kappa shape index (κ2) is 4.33. The van der Waals surface area contributed by atoms with Crippen LogP contribution in [0, 0.1) is 5.41 Å². The molecule has 1 aromatic rings. The van der Waals surface area contributed by atoms with Crippen LogP contribution in [0.25, 0.3) is 0 Å². The molecule has 2 rings (SSSR count). The van der Waals surface area contributed by atoms with Gasteiger partial charge in [-0.2, -0.15) is 0 Å². The fourth-order valence-electron chi connectivity index (χ4n) is 1.68. The Morgan fingerprint density at radius 1 is 1.56 bits per heavy atom. The van der Waals surface area contributed by atoms with Crippen LogP contribution >= 0.6 is 11.6 Å². The molecule has 0 spiro atoms. The van der Waals surface area contributed by atoms with Crippen molar-refractivity contribution in [1.82, 2.24) is 20.5 Å². The van der Waals surface area contributed by atoms with Gasteiger partial charge in [-0.05, 0) is 24.4 Å². The third kappa shape index (κ3) is 2.29. The summed E-state index contributed by atoms with van der Waals surface area (Å²) in [5.41, 5.74) is 0.425. The summed E-state index contributed by atoms with van der Waals surface area (Å²) < 4.78 is 0. The number of halogens is 1. The van der Waals surface area contributed by atoms with E-state index in [1.807, 2.05) is 6.92 Å². The van der Waals surface area contributed by atoms with E-state index < -0.39 is 0 Å². The molecule has 5 nitrogen and oxygen atoms in total. The van der Waals surface area contributed by atoms with E-state index in [1.54, 1.807) is 0 Å². The van der Waals surface area contributed by atoms with Gasteiger partial charge in [-0.15, -0.1) is 10.2 Å². The molecule has 0 aromatic carbocycles. The summed E-state index contributed by atoms with van der Waals surface area (Å²) in [6.07, 6.45) is 4.57. The highest BCUT2D eigenvalue weighted by molar-refractivity contribution is 6.28. The third-order valence-corrected chi connectivity index (χ3v) is 3.19. The van der Waals surface area contributed by atoms with Crippen molar-refractivity contribution in [1.29, 1.82) is 0 Å². The van der Waals surface area contributed by atoms with Gasteiger partial charge in [0, 0.05) is 5.41 Å². The molecule has 0 aliphatic heterocycles. The first kappa shape index (κ1) is 11.3. The lowest BCUT2D eigenvalue weighted by atomic mass is 9.70. The molecule has 1 aliphatic rings. The Labute approximate surface area is 98.6 Å². The maximum atomic E-state index is 11.8. The molecule has 1 N–H and O–H groups in total. The number of amides is 1. The molecule has 1 saturated carbocycles. The van der Waals surface area contributed by atoms with E-state index in [0.717, 1.165) is 19.3 Å². The number of rotatable bonds is 3. The smallest absolute Gasteiger partial charge is 0.242 e. The molecule has 1 fully saturated rings. The molecule has 86 valence electrons. The molecule has 1 aliphatic carbocycles. The van der Waals surface area contributed by atoms with Crippen LogP contribution in [0.5, 0.6) is 0 Å². The van der Waals surface area contributed by atoms with Crippen LogP contribution in [0.15, 0.2) is 6.20 Å². The highest BCUT2D eigenvalue weighted by Gasteiger charge is 2.38. The van der Waals surface area contributed by atoms with Gasteiger partial charge in [0.2, 0.25) is 11.2 Å². The molecule has 16 heavy (non-hydrogen) atoms. The van der Waals surface area contributed by atoms with Gasteiger partial charge in [-0.25, -0.2) is 4.98 Å². The zero-order chi connectivity index (χ0) is 11.6. The Bertz CT molecular complexity index is 388. The van der Waals surface area contributed by atoms with Crippen LogP contribution in [0.4, 0.5) is 0 Å². The van der Waals surface area contributed by atoms with Gasteiger partial charge in [0.15, 0.2) is 0 Å². The Balaban J connectivity index is 1.87. The van der Waals surface area contributed by atoms with E-state index >= 15 is 0 Å². The lowest BCUT2D eigenvalue weighted by Crippen LogP contribution is -2.43. The number of carbonyl (C=O) groups excluding carboxylic acids is 1. The van der Waals surface area contributed by atoms with Crippen molar-refractivity contribution in [3.05, 3.63) is 17.2 Å². The van der Waals surface area contributed by atoms with Gasteiger partial charge < -0.3 is 5.32 Å². The molecule has 0 radical (unpaired) electrons. The number of nitrogens with one attached hydrogen (secondary N) is 1. The van der Waals surface area contributed by atoms with Crippen molar-refractivity contribution < 1.29 is 4.79 Å². The lowest BCUT2D eigenvalue weighted by molar-refractivity contribution is -0.134. The predicted molar refractivity (Wildman–Crippen MR) is 58.6 cm³/mol. The van der Waals surface area contributed by atoms with E-state index in [4.69, 9.17) is 11.6 Å². The first-order chi connectivity index (χ1) is 7.60. The number of carbonyl (C=O) groups is 1. The van der Waals surface area contributed by atoms with Gasteiger partial charge in [0.05, 0.1) is 12.7 Å². The van der Waals surface area contributed by atoms with Crippen molar-refractivity contribution in [2.24, 2.45) is 5.41 Å². The predicted octanol–water partition coefficient (Wildman–Crippen LogP) is 1.33. The number of nitrogens with zero attached hydrogens (tertiary/aromatic N) is 3. The van der Waals surface area contributed by atoms with E-state index in [-0.39, 0.29) is 16.6 Å². The highest BCUT2D eigenvalue weighted by Crippen LogP contribution is 2.40. The summed E-state index contributed by atoms with van der Waals surface area (Å²) in [6.45, 7) is 2.34. The fraction of sp³-hybridized carbons (Fsp3) is 0.600. The normalized spacial score (nSPS) is 17.6. The van der Waals surface area contributed by atoms with Gasteiger partial charge >= 0.3 is 0 Å². The van der Waals surface area contributed by atoms with Crippen molar-refractivity contribution in [2.75, 3.05) is 0 Å². The van der Waals surface area contributed by atoms with Crippen LogP contribution in [0.2, 0.25) is 5.28 Å². The Hall–Kier alpha value is -1.23. The lowest BCUT2D eigenvalue weighted by Gasteiger charge is -2.36. The standard InChI is InChI=1S/C10H13ClN4O/c1-10(3-2-4-10)8(16)12-5-7-6-13-9(11)15-14-7/h6H,2-5H2,1H3,(H,12,16). The van der Waals surface area contributed by atoms with Crippen molar-refractivity contribution in [2.45, 2.75) is 32.7 Å². The van der Waals surface area contributed by atoms with Gasteiger partial charge in [0.1, 0.15) is 5.69 Å². The van der Waals surface area contributed by atoms with Crippen molar-refractivity contribution in [3.63, 3.8) is 0 Å². The molecular formula is C10H13ClN4O. The summed E-state index contributed by atoms with van der Waals surface area (Å²) in [6, 6.07) is 0. The first-order valence-corrected chi connectivity index (χ1v) is 5.60. The minimum atomic E-state index is -0.187. The van der Waals surface area contributed by atoms with Crippen LogP contribution in [-0.2, 0) is 11.3 Å². The van der Waals surface area contributed by atoms with Gasteiger partial charge in [-0.3, -0.25) is 4.79 Å². The van der Waals surface area contributed by atoms with Crippen LogP contribution in [0.1, 0.15) is 31.9 Å². The number of aromatic nitrogens is 3. The monoisotopic (exact) mass is 240 g/mol. The summed E-state index contributed by atoms with van der Waals surface area (Å²) in [7, 11) is 0. The number of hydrogen-bond donors (Lipinski definition) is 1. The minimum absolute atomic E-state index is 0.0792. The maximum Gasteiger partial charge on any atom is 0.242 e. The Morgan fingerprint density at radius 3 is 2.81 bits per heavy atom. The largest absolute Gasteiger partial charge is 0.350 e. The minimum Gasteiger partial charge on any atom is -0.350 e. The molecule has 0 saturated heterocycles. The number of hydrogen-bond acceptors (Lipinski definition) is 4. The molecule has 0 atom stereocenters. The topological polar surface area (TPSA) is 67.8 Å². The van der Waals surface area contributed by atoms with Crippen LogP contribution in [-0.4, -0.2) is 21.1 Å². The molecule has 6 heteroatoms. The van der Waals surface area contributed by atoms with Crippen molar-refractivity contribution >= 4 is 17.5 Å². The van der Waals surface area contributed by atoms with E-state index in [0.29, 0.717) is 12.2 Å². The summed E-state index contributed by atoms with van der Waals surface area (Å²) in [5.74, 6) is 0.0792. The second-order valence-corrected chi connectivity index (χ2v) is 4.65. The van der Waals surface area contributed by atoms with E-state index in [9.17, 15) is 4.79 Å². The van der Waals surface area contributed by atoms with E-state index in [2.05, 4.69) is 20.5 Å². The first-order valence-electron chi connectivity index (χ1n) is 5.23. The third-order valence-electron chi connectivity index (χ3n) is 3.02. The Morgan fingerprint density at radius 2 is 2.31 bits per heavy atom. The Kier molecular flexibility index (Phi) is 3.05. The van der Waals surface area contributed by atoms with Crippen LogP contribution in [0.3, 0.4) is 0 Å². The summed E-state index contributed by atoms with van der Waals surface area (Å²) in [5, 5.41) is 10.4. The molecular weight excluding hydrogens is 228 g/mol. The van der Waals surface area contributed by atoms with Gasteiger partial charge in [-0.1, -0.05) is 13.3 Å². The SMILES string of the molecule is CC1(C(=O)NCc2cnc(Cl)nn2)CCC1. The average molecular weight is 241 g/mol. The molecule has 0 bridgehead atoms. The zero-order valence-electron chi connectivity index (χ0n) is 9.03. The second-order valence-electron chi connectivity index (χ2n) is 4.32. The summed E-state index contributed by atoms with van der Waals surface area (Å²) >= 11 is 5.51. The van der Waals surface area contributed by atoms with Crippen LogP contribution < -0.4 is 5.32 Å². The van der Waals surface area contributed by atoms with Crippen molar-refractivity contribution in [3.8, 4) is 0 Å². The summed E-state index contributed by atoms with van der Waals surface area (Å²) in [4.78, 5) is 15.6. The van der Waals surface area contributed by atoms with Gasteiger partial charge in [0.25, 0.3) is 0 Å². The molecule has 0 unspecified atom stereocenters. The molecule has 1 amide bonds. The molecule has 1 heterocycles.